The maximum Gasteiger partial charge on any atom is 0.194 e. The van der Waals surface area contributed by atoms with Crippen LogP contribution in [0.25, 0.3) is 0 Å². The topological polar surface area (TPSA) is 52.3 Å². The van der Waals surface area contributed by atoms with Gasteiger partial charge in [-0.3, -0.25) is 4.79 Å². The summed E-state index contributed by atoms with van der Waals surface area (Å²) in [5.41, 5.74) is 7.15. The van der Waals surface area contributed by atoms with Crippen LogP contribution in [0, 0.1) is 0 Å². The first-order chi connectivity index (χ1) is 8.61. The number of ketones is 1. The first-order valence-corrected chi connectivity index (χ1v) is 5.73. The smallest absolute Gasteiger partial charge is 0.194 e. The summed E-state index contributed by atoms with van der Waals surface area (Å²) in [6.07, 6.45) is 0. The van der Waals surface area contributed by atoms with Gasteiger partial charge in [-0.15, -0.1) is 0 Å². The first kappa shape index (κ1) is 12.5. The fourth-order valence-corrected chi connectivity index (χ4v) is 1.90. The molecule has 0 amide bonds. The number of carbonyl (C=O) groups excluding carboxylic acids is 1. The number of halogens is 1. The van der Waals surface area contributed by atoms with Crippen molar-refractivity contribution in [2.24, 2.45) is 0 Å². The third-order valence-corrected chi connectivity index (χ3v) is 2.88. The molecule has 0 bridgehead atoms. The van der Waals surface area contributed by atoms with Crippen molar-refractivity contribution >= 4 is 23.1 Å². The molecule has 0 aliphatic rings. The minimum Gasteiger partial charge on any atom is -0.497 e. The van der Waals surface area contributed by atoms with E-state index in [1.165, 1.54) is 0 Å². The van der Waals surface area contributed by atoms with E-state index in [1.54, 1.807) is 49.6 Å². The van der Waals surface area contributed by atoms with Crippen molar-refractivity contribution in [1.82, 2.24) is 0 Å². The summed E-state index contributed by atoms with van der Waals surface area (Å²) in [5.74, 6) is 0.457. The van der Waals surface area contributed by atoms with Crippen LogP contribution in [0.15, 0.2) is 42.5 Å². The Balaban J connectivity index is 2.40. The number of rotatable bonds is 3. The van der Waals surface area contributed by atoms with E-state index >= 15 is 0 Å². The highest BCUT2D eigenvalue weighted by Gasteiger charge is 2.13. The van der Waals surface area contributed by atoms with Gasteiger partial charge in [-0.1, -0.05) is 23.7 Å². The highest BCUT2D eigenvalue weighted by Crippen LogP contribution is 2.25. The quantitative estimate of drug-likeness (QED) is 0.682. The van der Waals surface area contributed by atoms with Gasteiger partial charge in [0.15, 0.2) is 5.78 Å². The second kappa shape index (κ2) is 5.10. The van der Waals surface area contributed by atoms with Crippen LogP contribution in [0.4, 0.5) is 5.69 Å². The van der Waals surface area contributed by atoms with Crippen LogP contribution in [0.1, 0.15) is 15.9 Å². The van der Waals surface area contributed by atoms with Gasteiger partial charge >= 0.3 is 0 Å². The second-order valence-electron chi connectivity index (χ2n) is 3.80. The minimum atomic E-state index is -0.157. The molecule has 0 heterocycles. The van der Waals surface area contributed by atoms with Gasteiger partial charge in [0.25, 0.3) is 0 Å². The lowest BCUT2D eigenvalue weighted by molar-refractivity contribution is 0.103. The molecule has 92 valence electrons. The largest absolute Gasteiger partial charge is 0.497 e. The van der Waals surface area contributed by atoms with Crippen LogP contribution < -0.4 is 10.5 Å². The van der Waals surface area contributed by atoms with Crippen LogP contribution in [0.3, 0.4) is 0 Å². The number of nitrogens with two attached hydrogens (primary N) is 1. The molecule has 0 aliphatic carbocycles. The van der Waals surface area contributed by atoms with Crippen molar-refractivity contribution in [3.63, 3.8) is 0 Å². The zero-order valence-corrected chi connectivity index (χ0v) is 10.6. The Bertz CT molecular complexity index is 596. The Morgan fingerprint density at radius 3 is 2.61 bits per heavy atom. The van der Waals surface area contributed by atoms with E-state index in [0.29, 0.717) is 27.6 Å². The van der Waals surface area contributed by atoms with Crippen molar-refractivity contribution in [1.29, 1.82) is 0 Å². The monoisotopic (exact) mass is 261 g/mol. The van der Waals surface area contributed by atoms with Crippen molar-refractivity contribution in [3.8, 4) is 5.75 Å². The maximum absolute atomic E-state index is 12.2. The van der Waals surface area contributed by atoms with E-state index in [-0.39, 0.29) is 5.78 Å². The molecule has 0 atom stereocenters. The van der Waals surface area contributed by atoms with Gasteiger partial charge in [-0.05, 0) is 30.3 Å². The first-order valence-electron chi connectivity index (χ1n) is 5.35. The number of hydrogen-bond acceptors (Lipinski definition) is 3. The van der Waals surface area contributed by atoms with Crippen LogP contribution in [0.5, 0.6) is 5.75 Å². The molecule has 2 aromatic carbocycles. The molecule has 3 nitrogen and oxygen atoms in total. The van der Waals surface area contributed by atoms with Crippen molar-refractivity contribution in [2.45, 2.75) is 0 Å². The van der Waals surface area contributed by atoms with Crippen molar-refractivity contribution < 1.29 is 9.53 Å². The van der Waals surface area contributed by atoms with Gasteiger partial charge in [0.1, 0.15) is 5.75 Å². The maximum atomic E-state index is 12.2. The predicted octanol–water partition coefficient (Wildman–Crippen LogP) is 3.16. The molecule has 2 aromatic rings. The molecule has 0 fully saturated rings. The van der Waals surface area contributed by atoms with Gasteiger partial charge < -0.3 is 10.5 Å². The lowest BCUT2D eigenvalue weighted by atomic mass is 10.0. The number of benzene rings is 2. The highest BCUT2D eigenvalue weighted by atomic mass is 35.5. The lowest BCUT2D eigenvalue weighted by Gasteiger charge is -2.06. The van der Waals surface area contributed by atoms with Gasteiger partial charge in [-0.25, -0.2) is 0 Å². The van der Waals surface area contributed by atoms with Crippen LogP contribution in [-0.4, -0.2) is 12.9 Å². The molecule has 0 aromatic heterocycles. The predicted molar refractivity (Wildman–Crippen MR) is 72.3 cm³/mol. The van der Waals surface area contributed by atoms with Gasteiger partial charge in [-0.2, -0.15) is 0 Å². The van der Waals surface area contributed by atoms with Crippen molar-refractivity contribution in [2.75, 3.05) is 12.8 Å². The number of anilines is 1. The zero-order valence-electron chi connectivity index (χ0n) is 9.81. The van der Waals surface area contributed by atoms with E-state index < -0.39 is 0 Å². The van der Waals surface area contributed by atoms with Gasteiger partial charge in [0, 0.05) is 16.8 Å². The number of hydrogen-bond donors (Lipinski definition) is 1. The Labute approximate surface area is 110 Å². The molecule has 2 N–H and O–H groups in total. The molecule has 18 heavy (non-hydrogen) atoms. The zero-order chi connectivity index (χ0) is 13.1. The van der Waals surface area contributed by atoms with Crippen LogP contribution >= 0.6 is 11.6 Å². The molecule has 0 unspecified atom stereocenters. The summed E-state index contributed by atoms with van der Waals surface area (Å²) in [6, 6.07) is 11.8. The van der Waals surface area contributed by atoms with E-state index in [2.05, 4.69) is 0 Å². The van der Waals surface area contributed by atoms with E-state index in [1.807, 2.05) is 0 Å². The molecule has 0 radical (unpaired) electrons. The number of methoxy groups -OCH3 is 1. The Morgan fingerprint density at radius 2 is 2.00 bits per heavy atom. The molecule has 4 heteroatoms. The van der Waals surface area contributed by atoms with Crippen LogP contribution in [-0.2, 0) is 0 Å². The number of nitrogen functional groups attached to an aromatic ring is 1. The Morgan fingerprint density at radius 1 is 1.22 bits per heavy atom. The minimum absolute atomic E-state index is 0.157. The number of carbonyl (C=O) groups is 1. The summed E-state index contributed by atoms with van der Waals surface area (Å²) in [5, 5.41) is 0.363. The third-order valence-electron chi connectivity index (χ3n) is 2.57. The molecule has 0 saturated heterocycles. The molecule has 2 rings (SSSR count). The average Bonchev–Trinajstić information content (AvgIpc) is 2.37. The third kappa shape index (κ3) is 2.46. The molecular weight excluding hydrogens is 250 g/mol. The SMILES string of the molecule is COc1ccc(C(=O)c2cccc(N)c2)c(Cl)c1. The summed E-state index contributed by atoms with van der Waals surface area (Å²) >= 11 is 6.06. The molecule has 0 saturated carbocycles. The number of ether oxygens (including phenoxy) is 1. The second-order valence-corrected chi connectivity index (χ2v) is 4.21. The summed E-state index contributed by atoms with van der Waals surface area (Å²) in [7, 11) is 1.55. The molecule has 0 spiro atoms. The standard InChI is InChI=1S/C14H12ClNO2/c1-18-11-5-6-12(13(15)8-11)14(17)9-3-2-4-10(16)7-9/h2-8H,16H2,1H3. The fourth-order valence-electron chi connectivity index (χ4n) is 1.64. The van der Waals surface area contributed by atoms with Crippen molar-refractivity contribution in [3.05, 3.63) is 58.6 Å². The van der Waals surface area contributed by atoms with E-state index in [0.717, 1.165) is 0 Å². The fraction of sp³-hybridized carbons (Fsp3) is 0.0714. The lowest BCUT2D eigenvalue weighted by Crippen LogP contribution is -2.03. The van der Waals surface area contributed by atoms with Gasteiger partial charge in [0.05, 0.1) is 12.1 Å². The van der Waals surface area contributed by atoms with E-state index in [4.69, 9.17) is 22.1 Å². The Hall–Kier alpha value is -2.00. The van der Waals surface area contributed by atoms with Crippen LogP contribution in [0.2, 0.25) is 5.02 Å². The normalized spacial score (nSPS) is 10.1. The van der Waals surface area contributed by atoms with Gasteiger partial charge in [0.2, 0.25) is 0 Å². The molecule has 0 aliphatic heterocycles. The molecular formula is C14H12ClNO2. The summed E-state index contributed by atoms with van der Waals surface area (Å²) in [6.45, 7) is 0. The highest BCUT2D eigenvalue weighted by molar-refractivity contribution is 6.35. The average molecular weight is 262 g/mol. The Kier molecular flexibility index (Phi) is 3.53. The van der Waals surface area contributed by atoms with E-state index in [9.17, 15) is 4.79 Å². The summed E-state index contributed by atoms with van der Waals surface area (Å²) < 4.78 is 5.04. The summed E-state index contributed by atoms with van der Waals surface area (Å²) in [4.78, 5) is 12.2.